The van der Waals surface area contributed by atoms with Crippen LogP contribution in [0.4, 0.5) is 0 Å². The number of methoxy groups -OCH3 is 1. The molecule has 164 valence electrons. The number of carbonyl (C=O) groups is 1. The zero-order valence-electron chi connectivity index (χ0n) is 17.8. The molecule has 0 fully saturated rings. The summed E-state index contributed by atoms with van der Waals surface area (Å²) in [5, 5.41) is 2.83. The van der Waals surface area contributed by atoms with Crippen LogP contribution in [0.2, 0.25) is 0 Å². The molecule has 0 aliphatic heterocycles. The minimum atomic E-state index is -3.51. The summed E-state index contributed by atoms with van der Waals surface area (Å²) in [7, 11) is -1.92. The van der Waals surface area contributed by atoms with Crippen LogP contribution in [0.25, 0.3) is 5.69 Å². The molecule has 0 aliphatic rings. The van der Waals surface area contributed by atoms with Crippen molar-refractivity contribution in [1.29, 1.82) is 0 Å². The van der Waals surface area contributed by atoms with Crippen LogP contribution in [0.1, 0.15) is 29.9 Å². The maximum absolute atomic E-state index is 12.6. The first-order chi connectivity index (χ1) is 14.9. The standard InChI is InChI=1S/C22H26N4O4S/c1-4-26(5-2)31(28,29)20-11-9-18(10-12-20)25-15-21(24-16-25)22(27)23-14-17-7-6-8-19(13-17)30-3/h6-13,15-16H,4-5,14H2,1-3H3,(H,23,27). The van der Waals surface area contributed by atoms with Gasteiger partial charge in [-0.3, -0.25) is 4.79 Å². The van der Waals surface area contributed by atoms with Gasteiger partial charge in [0.2, 0.25) is 10.0 Å². The number of amides is 1. The van der Waals surface area contributed by atoms with Crippen molar-refractivity contribution in [3.05, 3.63) is 72.3 Å². The fourth-order valence-corrected chi connectivity index (χ4v) is 4.60. The third-order valence-corrected chi connectivity index (χ3v) is 6.94. The van der Waals surface area contributed by atoms with Gasteiger partial charge in [-0.1, -0.05) is 26.0 Å². The molecule has 0 unspecified atom stereocenters. The number of rotatable bonds is 9. The van der Waals surface area contributed by atoms with Crippen LogP contribution in [0.3, 0.4) is 0 Å². The molecule has 0 aliphatic carbocycles. The van der Waals surface area contributed by atoms with E-state index in [1.165, 1.54) is 10.6 Å². The van der Waals surface area contributed by atoms with Gasteiger partial charge in [0, 0.05) is 31.5 Å². The summed E-state index contributed by atoms with van der Waals surface area (Å²) < 4.78 is 33.5. The molecule has 3 rings (SSSR count). The van der Waals surface area contributed by atoms with Crippen LogP contribution in [-0.4, -0.2) is 48.4 Å². The Labute approximate surface area is 182 Å². The molecular weight excluding hydrogens is 416 g/mol. The molecule has 1 amide bonds. The topological polar surface area (TPSA) is 93.5 Å². The lowest BCUT2D eigenvalue weighted by atomic mass is 10.2. The van der Waals surface area contributed by atoms with Crippen molar-refractivity contribution in [2.75, 3.05) is 20.2 Å². The molecular formula is C22H26N4O4S. The van der Waals surface area contributed by atoms with Crippen molar-refractivity contribution in [2.45, 2.75) is 25.3 Å². The van der Waals surface area contributed by atoms with Crippen molar-refractivity contribution in [1.82, 2.24) is 19.2 Å². The molecule has 1 aromatic heterocycles. The highest BCUT2D eigenvalue weighted by Crippen LogP contribution is 2.18. The molecule has 8 nitrogen and oxygen atoms in total. The number of benzene rings is 2. The van der Waals surface area contributed by atoms with Gasteiger partial charge < -0.3 is 14.6 Å². The molecule has 1 N–H and O–H groups in total. The summed E-state index contributed by atoms with van der Waals surface area (Å²) in [5.74, 6) is 0.421. The summed E-state index contributed by atoms with van der Waals surface area (Å²) in [6.07, 6.45) is 3.13. The minimum Gasteiger partial charge on any atom is -0.497 e. The Morgan fingerprint density at radius 2 is 1.84 bits per heavy atom. The summed E-state index contributed by atoms with van der Waals surface area (Å²) >= 11 is 0. The largest absolute Gasteiger partial charge is 0.497 e. The van der Waals surface area contributed by atoms with Gasteiger partial charge in [0.25, 0.3) is 5.91 Å². The molecule has 0 saturated carbocycles. The second-order valence-corrected chi connectivity index (χ2v) is 8.72. The van der Waals surface area contributed by atoms with Gasteiger partial charge in [0.1, 0.15) is 17.8 Å². The Morgan fingerprint density at radius 1 is 1.13 bits per heavy atom. The Bertz CT molecular complexity index is 1140. The quantitative estimate of drug-likeness (QED) is 0.550. The smallest absolute Gasteiger partial charge is 0.271 e. The first kappa shape index (κ1) is 22.5. The van der Waals surface area contributed by atoms with E-state index in [9.17, 15) is 13.2 Å². The molecule has 31 heavy (non-hydrogen) atoms. The number of nitrogens with one attached hydrogen (secondary N) is 1. The molecule has 0 saturated heterocycles. The van der Waals surface area contributed by atoms with Crippen LogP contribution in [0.15, 0.2) is 66.0 Å². The minimum absolute atomic E-state index is 0.233. The Kier molecular flexibility index (Phi) is 7.09. The lowest BCUT2D eigenvalue weighted by molar-refractivity contribution is 0.0946. The van der Waals surface area contributed by atoms with E-state index in [-0.39, 0.29) is 16.5 Å². The first-order valence-corrected chi connectivity index (χ1v) is 11.4. The van der Waals surface area contributed by atoms with Crippen molar-refractivity contribution >= 4 is 15.9 Å². The van der Waals surface area contributed by atoms with Crippen LogP contribution in [-0.2, 0) is 16.6 Å². The molecule has 2 aromatic carbocycles. The zero-order chi connectivity index (χ0) is 22.4. The van der Waals surface area contributed by atoms with Crippen LogP contribution in [0, 0.1) is 0 Å². The highest BCUT2D eigenvalue weighted by molar-refractivity contribution is 7.89. The molecule has 0 bridgehead atoms. The Hall–Kier alpha value is -3.17. The second-order valence-electron chi connectivity index (χ2n) is 6.78. The van der Waals surface area contributed by atoms with Crippen molar-refractivity contribution < 1.29 is 17.9 Å². The van der Waals surface area contributed by atoms with Crippen molar-refractivity contribution in [3.8, 4) is 11.4 Å². The number of hydrogen-bond donors (Lipinski definition) is 1. The summed E-state index contributed by atoms with van der Waals surface area (Å²) in [6.45, 7) is 4.79. The molecule has 0 spiro atoms. The molecule has 1 heterocycles. The number of imidazole rings is 1. The lowest BCUT2D eigenvalue weighted by Crippen LogP contribution is -2.30. The molecule has 3 aromatic rings. The van der Waals surface area contributed by atoms with Crippen LogP contribution >= 0.6 is 0 Å². The van der Waals surface area contributed by atoms with Gasteiger partial charge in [0.15, 0.2) is 0 Å². The van der Waals surface area contributed by atoms with Crippen LogP contribution < -0.4 is 10.1 Å². The SMILES string of the molecule is CCN(CC)S(=O)(=O)c1ccc(-n2cnc(C(=O)NCc3cccc(OC)c3)c2)cc1. The Balaban J connectivity index is 1.69. The maximum atomic E-state index is 12.6. The van der Waals surface area contributed by atoms with E-state index in [2.05, 4.69) is 10.3 Å². The second kappa shape index (κ2) is 9.76. The van der Waals surface area contributed by atoms with Crippen molar-refractivity contribution in [3.63, 3.8) is 0 Å². The van der Waals surface area contributed by atoms with E-state index in [1.54, 1.807) is 42.1 Å². The number of ether oxygens (including phenoxy) is 1. The summed E-state index contributed by atoms with van der Waals surface area (Å²) in [4.78, 5) is 16.8. The fraction of sp³-hybridized carbons (Fsp3) is 0.273. The van der Waals surface area contributed by atoms with E-state index < -0.39 is 10.0 Å². The number of sulfonamides is 1. The van der Waals surface area contributed by atoms with Gasteiger partial charge >= 0.3 is 0 Å². The number of hydrogen-bond acceptors (Lipinski definition) is 5. The van der Waals surface area contributed by atoms with Crippen LogP contribution in [0.5, 0.6) is 5.75 Å². The van der Waals surface area contributed by atoms with Gasteiger partial charge in [-0.25, -0.2) is 13.4 Å². The predicted octanol–water partition coefficient (Wildman–Crippen LogP) is 2.84. The zero-order valence-corrected chi connectivity index (χ0v) is 18.6. The van der Waals surface area contributed by atoms with Gasteiger partial charge in [0.05, 0.1) is 12.0 Å². The fourth-order valence-electron chi connectivity index (χ4n) is 3.14. The van der Waals surface area contributed by atoms with Gasteiger partial charge in [-0.2, -0.15) is 4.31 Å². The average molecular weight is 443 g/mol. The Morgan fingerprint density at radius 3 is 2.48 bits per heavy atom. The lowest BCUT2D eigenvalue weighted by Gasteiger charge is -2.18. The average Bonchev–Trinajstić information content (AvgIpc) is 3.29. The monoisotopic (exact) mass is 442 g/mol. The number of nitrogens with zero attached hydrogens (tertiary/aromatic N) is 3. The third-order valence-electron chi connectivity index (χ3n) is 4.88. The van der Waals surface area contributed by atoms with Gasteiger partial charge in [-0.15, -0.1) is 0 Å². The third kappa shape index (κ3) is 5.12. The summed E-state index contributed by atoms with van der Waals surface area (Å²) in [6, 6.07) is 14.0. The summed E-state index contributed by atoms with van der Waals surface area (Å²) in [5.41, 5.74) is 1.89. The number of aromatic nitrogens is 2. The normalized spacial score (nSPS) is 11.5. The predicted molar refractivity (Wildman–Crippen MR) is 118 cm³/mol. The van der Waals surface area contributed by atoms with E-state index in [0.29, 0.717) is 25.3 Å². The molecule has 0 atom stereocenters. The van der Waals surface area contributed by atoms with E-state index >= 15 is 0 Å². The van der Waals surface area contributed by atoms with E-state index in [4.69, 9.17) is 4.74 Å². The van der Waals surface area contributed by atoms with E-state index in [1.807, 2.05) is 38.1 Å². The van der Waals surface area contributed by atoms with Crippen molar-refractivity contribution in [2.24, 2.45) is 0 Å². The maximum Gasteiger partial charge on any atom is 0.271 e. The van der Waals surface area contributed by atoms with Gasteiger partial charge in [-0.05, 0) is 42.0 Å². The highest BCUT2D eigenvalue weighted by Gasteiger charge is 2.21. The van der Waals surface area contributed by atoms with E-state index in [0.717, 1.165) is 11.3 Å². The molecule has 9 heteroatoms. The first-order valence-electron chi connectivity index (χ1n) is 9.94. The highest BCUT2D eigenvalue weighted by atomic mass is 32.2. The molecule has 0 radical (unpaired) electrons. The number of carbonyl (C=O) groups excluding carboxylic acids is 1.